The number of nitrogens with zero attached hydrogens (tertiary/aromatic N) is 1. The van der Waals surface area contributed by atoms with E-state index in [1.54, 1.807) is 35.8 Å². The summed E-state index contributed by atoms with van der Waals surface area (Å²) >= 11 is 1.22. The molecular weight excluding hydrogens is 290 g/mol. The maximum Gasteiger partial charge on any atom is 0.350 e. The number of esters is 1. The van der Waals surface area contributed by atoms with Crippen molar-refractivity contribution in [2.75, 3.05) is 12.4 Å². The van der Waals surface area contributed by atoms with E-state index in [-0.39, 0.29) is 5.91 Å². The number of hydrogen-bond acceptors (Lipinski definition) is 5. The average Bonchev–Trinajstić information content (AvgIpc) is 3.14. The number of aromatic amines is 1. The van der Waals surface area contributed by atoms with E-state index in [9.17, 15) is 9.59 Å². The van der Waals surface area contributed by atoms with Crippen LogP contribution in [0.1, 0.15) is 20.0 Å². The molecule has 0 fully saturated rings. The molecule has 3 rings (SSSR count). The van der Waals surface area contributed by atoms with Crippen LogP contribution in [0.2, 0.25) is 0 Å². The second-order valence-corrected chi connectivity index (χ2v) is 5.20. The largest absolute Gasteiger partial charge is 0.465 e. The van der Waals surface area contributed by atoms with Gasteiger partial charge in [-0.25, -0.2) is 4.79 Å². The van der Waals surface area contributed by atoms with Gasteiger partial charge in [-0.1, -0.05) is 0 Å². The number of carbonyl (C=O) groups is 2. The second kappa shape index (κ2) is 5.37. The number of thiophene rings is 1. The fourth-order valence-electron chi connectivity index (χ4n) is 1.94. The van der Waals surface area contributed by atoms with Gasteiger partial charge in [-0.15, -0.1) is 11.3 Å². The van der Waals surface area contributed by atoms with E-state index in [0.29, 0.717) is 16.1 Å². The number of anilines is 1. The van der Waals surface area contributed by atoms with Crippen LogP contribution in [0.3, 0.4) is 0 Å². The third kappa shape index (κ3) is 2.50. The van der Waals surface area contributed by atoms with Gasteiger partial charge in [-0.05, 0) is 29.6 Å². The zero-order chi connectivity index (χ0) is 14.8. The molecule has 1 aromatic carbocycles. The van der Waals surface area contributed by atoms with Crippen LogP contribution in [0, 0.1) is 0 Å². The van der Waals surface area contributed by atoms with Crippen LogP contribution in [-0.2, 0) is 4.74 Å². The fraction of sp³-hybridized carbons (Fsp3) is 0.0714. The summed E-state index contributed by atoms with van der Waals surface area (Å²) in [5, 5.41) is 12.0. The van der Waals surface area contributed by atoms with Crippen LogP contribution >= 0.6 is 11.3 Å². The Morgan fingerprint density at radius 3 is 3.00 bits per heavy atom. The maximum absolute atomic E-state index is 12.3. The number of ether oxygens (including phenoxy) is 1. The smallest absolute Gasteiger partial charge is 0.350 e. The Morgan fingerprint density at radius 2 is 2.19 bits per heavy atom. The lowest BCUT2D eigenvalue weighted by Gasteiger charge is -2.05. The minimum atomic E-state index is -0.467. The van der Waals surface area contributed by atoms with Gasteiger partial charge < -0.3 is 10.1 Å². The van der Waals surface area contributed by atoms with Crippen LogP contribution in [0.5, 0.6) is 0 Å². The number of nitrogens with one attached hydrogen (secondary N) is 2. The molecule has 0 spiro atoms. The number of carbonyl (C=O) groups excluding carboxylic acids is 2. The SMILES string of the molecule is COC(=O)c1sccc1NC(=O)c1ccc2[nH]ncc2c1. The molecule has 6 nitrogen and oxygen atoms in total. The van der Waals surface area contributed by atoms with Crippen LogP contribution in [0.15, 0.2) is 35.8 Å². The normalized spacial score (nSPS) is 10.5. The monoisotopic (exact) mass is 301 g/mol. The first kappa shape index (κ1) is 13.3. The quantitative estimate of drug-likeness (QED) is 0.728. The average molecular weight is 301 g/mol. The molecular formula is C14H11N3O3S. The highest BCUT2D eigenvalue weighted by atomic mass is 32.1. The summed E-state index contributed by atoms with van der Waals surface area (Å²) in [6, 6.07) is 6.88. The van der Waals surface area contributed by atoms with Crippen molar-refractivity contribution >= 4 is 39.8 Å². The molecule has 0 saturated heterocycles. The van der Waals surface area contributed by atoms with E-state index in [1.807, 2.05) is 0 Å². The number of rotatable bonds is 3. The predicted octanol–water partition coefficient (Wildman–Crippen LogP) is 2.66. The number of amides is 1. The molecule has 0 aliphatic rings. The second-order valence-electron chi connectivity index (χ2n) is 4.28. The molecule has 3 aromatic rings. The summed E-state index contributed by atoms with van der Waals surface area (Å²) in [6.45, 7) is 0. The van der Waals surface area contributed by atoms with Crippen LogP contribution < -0.4 is 5.32 Å². The number of benzene rings is 1. The van der Waals surface area contributed by atoms with Crippen LogP contribution in [-0.4, -0.2) is 29.2 Å². The van der Waals surface area contributed by atoms with Gasteiger partial charge >= 0.3 is 5.97 Å². The summed E-state index contributed by atoms with van der Waals surface area (Å²) < 4.78 is 4.68. The van der Waals surface area contributed by atoms with Crippen molar-refractivity contribution in [2.24, 2.45) is 0 Å². The molecule has 2 heterocycles. The van der Waals surface area contributed by atoms with Gasteiger partial charge in [0, 0.05) is 10.9 Å². The standard InChI is InChI=1S/C14H11N3O3S/c1-20-14(19)12-11(4-5-21-12)16-13(18)8-2-3-10-9(6-8)7-15-17-10/h2-7H,1H3,(H,15,17)(H,16,18). The zero-order valence-corrected chi connectivity index (χ0v) is 11.9. The number of methoxy groups -OCH3 is 1. The van der Waals surface area contributed by atoms with Gasteiger partial charge in [0.05, 0.1) is 24.5 Å². The summed E-state index contributed by atoms with van der Waals surface area (Å²) in [4.78, 5) is 24.2. The first-order valence-corrected chi connectivity index (χ1v) is 6.97. The highest BCUT2D eigenvalue weighted by Gasteiger charge is 2.16. The van der Waals surface area contributed by atoms with Crippen molar-refractivity contribution in [2.45, 2.75) is 0 Å². The Labute approximate surface area is 123 Å². The molecule has 0 unspecified atom stereocenters. The molecule has 7 heteroatoms. The molecule has 0 bridgehead atoms. The first-order chi connectivity index (χ1) is 10.2. The van der Waals surface area contributed by atoms with Crippen LogP contribution in [0.4, 0.5) is 5.69 Å². The van der Waals surface area contributed by atoms with Crippen LogP contribution in [0.25, 0.3) is 10.9 Å². The lowest BCUT2D eigenvalue weighted by molar-refractivity contribution is 0.0607. The van der Waals surface area contributed by atoms with Gasteiger partial charge in [0.25, 0.3) is 5.91 Å². The molecule has 0 saturated carbocycles. The Bertz CT molecular complexity index is 822. The lowest BCUT2D eigenvalue weighted by atomic mass is 10.1. The predicted molar refractivity (Wildman–Crippen MR) is 79.7 cm³/mol. The molecule has 0 atom stereocenters. The van der Waals surface area contributed by atoms with Gasteiger partial charge in [-0.3, -0.25) is 9.89 Å². The van der Waals surface area contributed by atoms with E-state index in [4.69, 9.17) is 0 Å². The summed E-state index contributed by atoms with van der Waals surface area (Å²) in [5.74, 6) is -0.757. The molecule has 21 heavy (non-hydrogen) atoms. The maximum atomic E-state index is 12.3. The molecule has 0 aliphatic carbocycles. The summed E-state index contributed by atoms with van der Waals surface area (Å²) in [5.41, 5.74) is 1.80. The highest BCUT2D eigenvalue weighted by Crippen LogP contribution is 2.24. The number of aromatic nitrogens is 2. The molecule has 106 valence electrons. The molecule has 2 N–H and O–H groups in total. The first-order valence-electron chi connectivity index (χ1n) is 6.09. The van der Waals surface area contributed by atoms with E-state index in [2.05, 4.69) is 20.3 Å². The van der Waals surface area contributed by atoms with Crippen molar-refractivity contribution in [1.82, 2.24) is 10.2 Å². The third-order valence-corrected chi connectivity index (χ3v) is 3.88. The Hall–Kier alpha value is -2.67. The van der Waals surface area contributed by atoms with Gasteiger partial charge in [-0.2, -0.15) is 5.10 Å². The van der Waals surface area contributed by atoms with Crippen molar-refractivity contribution in [3.8, 4) is 0 Å². The Morgan fingerprint density at radius 1 is 1.33 bits per heavy atom. The summed E-state index contributed by atoms with van der Waals surface area (Å²) in [7, 11) is 1.31. The van der Waals surface area contributed by atoms with Gasteiger partial charge in [0.1, 0.15) is 4.88 Å². The Balaban J connectivity index is 1.86. The van der Waals surface area contributed by atoms with Crippen molar-refractivity contribution in [3.63, 3.8) is 0 Å². The van der Waals surface area contributed by atoms with Crippen molar-refractivity contribution in [3.05, 3.63) is 46.3 Å². The van der Waals surface area contributed by atoms with Crippen molar-refractivity contribution in [1.29, 1.82) is 0 Å². The Kier molecular flexibility index (Phi) is 3.41. The minimum absolute atomic E-state index is 0.290. The minimum Gasteiger partial charge on any atom is -0.465 e. The highest BCUT2D eigenvalue weighted by molar-refractivity contribution is 7.12. The van der Waals surface area contributed by atoms with E-state index < -0.39 is 5.97 Å². The number of fused-ring (bicyclic) bond motifs is 1. The zero-order valence-electron chi connectivity index (χ0n) is 11.0. The topological polar surface area (TPSA) is 84.1 Å². The summed E-state index contributed by atoms with van der Waals surface area (Å²) in [6.07, 6.45) is 1.65. The van der Waals surface area contributed by atoms with Crippen molar-refractivity contribution < 1.29 is 14.3 Å². The third-order valence-electron chi connectivity index (χ3n) is 2.99. The lowest BCUT2D eigenvalue weighted by Crippen LogP contribution is -2.13. The molecule has 0 radical (unpaired) electrons. The van der Waals surface area contributed by atoms with E-state index in [1.165, 1.54) is 18.4 Å². The van der Waals surface area contributed by atoms with E-state index in [0.717, 1.165) is 10.9 Å². The van der Waals surface area contributed by atoms with Gasteiger partial charge in [0.15, 0.2) is 0 Å². The van der Waals surface area contributed by atoms with E-state index >= 15 is 0 Å². The molecule has 0 aliphatic heterocycles. The number of H-pyrrole nitrogens is 1. The van der Waals surface area contributed by atoms with Gasteiger partial charge in [0.2, 0.25) is 0 Å². The fourth-order valence-corrected chi connectivity index (χ4v) is 2.70. The number of hydrogen-bond donors (Lipinski definition) is 2. The molecule has 1 amide bonds. The molecule has 2 aromatic heterocycles.